The Bertz CT molecular complexity index is 1610. The van der Waals surface area contributed by atoms with Gasteiger partial charge in [-0.2, -0.15) is 35.5 Å². The largest absolute Gasteiger partial charge is 0.393 e. The first kappa shape index (κ1) is 35.3. The van der Waals surface area contributed by atoms with Crippen molar-refractivity contribution in [2.45, 2.75) is 57.3 Å². The van der Waals surface area contributed by atoms with Crippen molar-refractivity contribution in [3.63, 3.8) is 0 Å². The molecule has 3 fully saturated rings. The van der Waals surface area contributed by atoms with Crippen molar-refractivity contribution in [2.75, 3.05) is 78.3 Å². The highest BCUT2D eigenvalue weighted by molar-refractivity contribution is 7.86. The minimum atomic E-state index is -4.25. The maximum atomic E-state index is 13.0. The van der Waals surface area contributed by atoms with Gasteiger partial charge in [-0.3, -0.25) is 4.90 Å². The molecule has 0 bridgehead atoms. The molecule has 0 amide bonds. The standard InChI is InChI=1S/C32H46F3N9O2S2/c1-22-23(20-42-8-6-24(7-9-42)39-30-28-17-26(18-32(33,34)35)47-31(28)38-21-37-30)4-5-29-27(22)16-25(19-36)44(29)15-12-41-10-13-43(14-11-41)48(45,46)40(2)3/h16-17,21-24,27,29H,4-15,18,20H2,1-3H3,(H,37,38,39). The van der Waals surface area contributed by atoms with E-state index in [1.54, 1.807) is 20.2 Å². The number of thiophene rings is 1. The number of hydrogen-bond donors (Lipinski definition) is 1. The molecule has 0 aromatic carbocycles. The molecule has 1 aliphatic carbocycles. The number of piperazine rings is 1. The number of aromatic nitrogens is 2. The number of likely N-dealkylation sites (tertiary alicyclic amines) is 1. The van der Waals surface area contributed by atoms with E-state index in [-0.39, 0.29) is 10.9 Å². The topological polar surface area (TPSA) is 112 Å². The van der Waals surface area contributed by atoms with Gasteiger partial charge in [0.2, 0.25) is 0 Å². The number of rotatable bonds is 10. The van der Waals surface area contributed by atoms with Crippen molar-refractivity contribution in [1.82, 2.24) is 33.3 Å². The fourth-order valence-electron chi connectivity index (χ4n) is 7.99. The third-order valence-corrected chi connectivity index (χ3v) is 13.7. The van der Waals surface area contributed by atoms with Crippen molar-refractivity contribution in [3.05, 3.63) is 29.0 Å². The minimum absolute atomic E-state index is 0.198. The van der Waals surface area contributed by atoms with E-state index in [1.165, 1.54) is 14.9 Å². The van der Waals surface area contributed by atoms with Gasteiger partial charge in [0.05, 0.1) is 11.8 Å². The van der Waals surface area contributed by atoms with E-state index < -0.39 is 22.8 Å². The zero-order valence-electron chi connectivity index (χ0n) is 27.9. The van der Waals surface area contributed by atoms with E-state index in [4.69, 9.17) is 0 Å². The molecule has 0 radical (unpaired) electrons. The van der Waals surface area contributed by atoms with E-state index in [2.05, 4.69) is 49.1 Å². The molecule has 264 valence electrons. The van der Waals surface area contributed by atoms with Crippen LogP contribution in [0, 0.1) is 29.1 Å². The Kier molecular flexibility index (Phi) is 10.6. The molecule has 1 saturated carbocycles. The Morgan fingerprint density at radius 2 is 1.77 bits per heavy atom. The van der Waals surface area contributed by atoms with E-state index >= 15 is 0 Å². The van der Waals surface area contributed by atoms with Crippen LogP contribution < -0.4 is 5.32 Å². The molecule has 4 aliphatic rings. The summed E-state index contributed by atoms with van der Waals surface area (Å²) in [6.07, 6.45) is 2.44. The number of nitriles is 1. The van der Waals surface area contributed by atoms with E-state index in [0.29, 0.717) is 66.0 Å². The monoisotopic (exact) mass is 709 g/mol. The summed E-state index contributed by atoms with van der Waals surface area (Å²) in [5.41, 5.74) is 0.771. The quantitative estimate of drug-likeness (QED) is 0.394. The van der Waals surface area contributed by atoms with Gasteiger partial charge in [-0.1, -0.05) is 6.92 Å². The van der Waals surface area contributed by atoms with Crippen LogP contribution in [0.15, 0.2) is 24.2 Å². The summed E-state index contributed by atoms with van der Waals surface area (Å²) in [5.74, 6) is 1.94. The second-order valence-electron chi connectivity index (χ2n) is 13.9. The van der Waals surface area contributed by atoms with E-state index in [0.717, 1.165) is 75.4 Å². The summed E-state index contributed by atoms with van der Waals surface area (Å²) >= 11 is 1.07. The van der Waals surface area contributed by atoms with Crippen LogP contribution in [0.25, 0.3) is 10.2 Å². The number of nitrogens with one attached hydrogen (secondary N) is 1. The van der Waals surface area contributed by atoms with Crippen molar-refractivity contribution >= 4 is 37.6 Å². The Balaban J connectivity index is 0.977. The first-order chi connectivity index (χ1) is 22.8. The number of piperidine rings is 1. The molecule has 4 unspecified atom stereocenters. The van der Waals surface area contributed by atoms with E-state index in [1.807, 2.05) is 0 Å². The van der Waals surface area contributed by atoms with Gasteiger partial charge in [-0.25, -0.2) is 9.97 Å². The highest BCUT2D eigenvalue weighted by Gasteiger charge is 2.44. The molecular weight excluding hydrogens is 664 g/mol. The van der Waals surface area contributed by atoms with Crippen molar-refractivity contribution < 1.29 is 21.6 Å². The number of halogens is 3. The first-order valence-electron chi connectivity index (χ1n) is 16.9. The lowest BCUT2D eigenvalue weighted by Gasteiger charge is -2.44. The van der Waals surface area contributed by atoms with Crippen LogP contribution in [-0.2, 0) is 16.6 Å². The van der Waals surface area contributed by atoms with Gasteiger partial charge in [0.1, 0.15) is 28.7 Å². The van der Waals surface area contributed by atoms with Crippen molar-refractivity contribution in [3.8, 4) is 6.07 Å². The van der Waals surface area contributed by atoms with Crippen LogP contribution >= 0.6 is 11.3 Å². The Labute approximate surface area is 285 Å². The van der Waals surface area contributed by atoms with Gasteiger partial charge in [0, 0.05) is 95.9 Å². The Morgan fingerprint density at radius 1 is 1.04 bits per heavy atom. The van der Waals surface area contributed by atoms with Crippen LogP contribution in [0.1, 0.15) is 37.5 Å². The Hall–Kier alpha value is -2.55. The summed E-state index contributed by atoms with van der Waals surface area (Å²) in [5, 5.41) is 14.2. The number of hydrogen-bond acceptors (Lipinski definition) is 10. The molecule has 3 aliphatic heterocycles. The van der Waals surface area contributed by atoms with Gasteiger partial charge in [-0.05, 0) is 49.7 Å². The number of nitrogens with zero attached hydrogens (tertiary/aromatic N) is 8. The zero-order chi connectivity index (χ0) is 34.2. The molecule has 0 spiro atoms. The maximum Gasteiger partial charge on any atom is 0.393 e. The fourth-order valence-corrected chi connectivity index (χ4v) is 10.1. The minimum Gasteiger partial charge on any atom is -0.367 e. The van der Waals surface area contributed by atoms with Crippen LogP contribution in [0.5, 0.6) is 0 Å². The maximum absolute atomic E-state index is 13.0. The lowest BCUT2D eigenvalue weighted by atomic mass is 9.70. The average Bonchev–Trinajstić information content (AvgIpc) is 3.62. The highest BCUT2D eigenvalue weighted by atomic mass is 32.2. The lowest BCUT2D eigenvalue weighted by molar-refractivity contribution is -0.126. The van der Waals surface area contributed by atoms with E-state index in [9.17, 15) is 26.9 Å². The van der Waals surface area contributed by atoms with Crippen LogP contribution in [-0.4, -0.2) is 133 Å². The second-order valence-corrected chi connectivity index (χ2v) is 17.2. The second kappa shape index (κ2) is 14.4. The number of alkyl halides is 3. The smallest absolute Gasteiger partial charge is 0.367 e. The SMILES string of the molecule is CC1C(CN2CCC(Nc3ncnc4sc(CC(F)(F)F)cc34)CC2)CCC2C1C=C(C#N)N2CCN1CCN(S(=O)(=O)N(C)C)CC1. The number of anilines is 1. The van der Waals surface area contributed by atoms with Crippen molar-refractivity contribution in [2.24, 2.45) is 17.8 Å². The summed E-state index contributed by atoms with van der Waals surface area (Å²) in [6, 6.07) is 4.56. The molecule has 16 heteroatoms. The third-order valence-electron chi connectivity index (χ3n) is 10.8. The average molecular weight is 710 g/mol. The van der Waals surface area contributed by atoms with Crippen LogP contribution in [0.4, 0.5) is 19.0 Å². The predicted molar refractivity (Wildman–Crippen MR) is 180 cm³/mol. The highest BCUT2D eigenvalue weighted by Crippen LogP contribution is 2.44. The third kappa shape index (κ3) is 7.76. The van der Waals surface area contributed by atoms with Crippen molar-refractivity contribution in [1.29, 1.82) is 5.26 Å². The molecule has 5 heterocycles. The molecular formula is C32H46F3N9O2S2. The zero-order valence-corrected chi connectivity index (χ0v) is 29.5. The van der Waals surface area contributed by atoms with Gasteiger partial charge in [-0.15, -0.1) is 11.3 Å². The number of fused-ring (bicyclic) bond motifs is 2. The van der Waals surface area contributed by atoms with Crippen LogP contribution in [0.2, 0.25) is 0 Å². The summed E-state index contributed by atoms with van der Waals surface area (Å²) in [4.78, 5) is 16.5. The Morgan fingerprint density at radius 3 is 2.44 bits per heavy atom. The number of allylic oxidation sites excluding steroid dienone is 1. The van der Waals surface area contributed by atoms with Gasteiger partial charge >= 0.3 is 6.18 Å². The summed E-state index contributed by atoms with van der Waals surface area (Å²) < 4.78 is 66.6. The molecule has 2 saturated heterocycles. The summed E-state index contributed by atoms with van der Waals surface area (Å²) in [7, 11) is -0.270. The molecule has 48 heavy (non-hydrogen) atoms. The molecule has 6 rings (SSSR count). The molecule has 11 nitrogen and oxygen atoms in total. The van der Waals surface area contributed by atoms with Crippen LogP contribution in [0.3, 0.4) is 0 Å². The normalized spacial score (nSPS) is 27.0. The first-order valence-corrected chi connectivity index (χ1v) is 19.1. The predicted octanol–water partition coefficient (Wildman–Crippen LogP) is 3.85. The van der Waals surface area contributed by atoms with Gasteiger partial charge in [0.15, 0.2) is 0 Å². The summed E-state index contributed by atoms with van der Waals surface area (Å²) in [6.45, 7) is 9.15. The lowest BCUT2D eigenvalue weighted by Crippen LogP contribution is -2.53. The fraction of sp³-hybridized carbons (Fsp3) is 0.719. The van der Waals surface area contributed by atoms with Gasteiger partial charge < -0.3 is 15.1 Å². The molecule has 1 N–H and O–H groups in total. The van der Waals surface area contributed by atoms with Gasteiger partial charge in [0.25, 0.3) is 10.2 Å². The molecule has 2 aromatic rings. The molecule has 4 atom stereocenters. The molecule has 2 aromatic heterocycles.